The molecule has 2 aromatic heterocycles. The van der Waals surface area contributed by atoms with Gasteiger partial charge in [0.1, 0.15) is 16.7 Å². The molecular weight excluding hydrogens is 512 g/mol. The molecule has 0 fully saturated rings. The van der Waals surface area contributed by atoms with Crippen molar-refractivity contribution in [1.82, 2.24) is 0 Å². The number of rotatable bonds is 3. The SMILES string of the molecule is c1ccc(-c2c3ccccc3c(-c3ccc(-c4ccc5oc6ccc7ccoc7c6c5c4)cc3)c3ccccc23)cc1. The molecule has 0 amide bonds. The van der Waals surface area contributed by atoms with Crippen molar-refractivity contribution in [2.75, 3.05) is 0 Å². The predicted octanol–water partition coefficient (Wildman–Crippen LogP) is 11.6. The van der Waals surface area contributed by atoms with E-state index in [2.05, 4.69) is 121 Å². The van der Waals surface area contributed by atoms with Gasteiger partial charge in [0.25, 0.3) is 0 Å². The molecule has 0 aliphatic heterocycles. The van der Waals surface area contributed by atoms with Gasteiger partial charge in [-0.3, -0.25) is 0 Å². The Morgan fingerprint density at radius 1 is 0.381 bits per heavy atom. The molecule has 196 valence electrons. The summed E-state index contributed by atoms with van der Waals surface area (Å²) in [6.45, 7) is 0. The van der Waals surface area contributed by atoms with E-state index in [0.717, 1.165) is 44.0 Å². The molecule has 2 heteroatoms. The van der Waals surface area contributed by atoms with Crippen LogP contribution in [0.4, 0.5) is 0 Å². The quantitative estimate of drug-likeness (QED) is 0.210. The molecule has 7 aromatic carbocycles. The standard InChI is InChI=1S/C40H24O2/c1-2-8-26(9-3-1)37-30-10-4-6-12-32(30)38(33-13-7-5-11-31(33)37)27-16-14-25(15-17-27)29-19-20-35-34(24-29)39-36(42-35)21-18-28-22-23-41-40(28)39/h1-24H. The monoisotopic (exact) mass is 536 g/mol. The van der Waals surface area contributed by atoms with Crippen LogP contribution >= 0.6 is 0 Å². The smallest absolute Gasteiger partial charge is 0.145 e. The maximum absolute atomic E-state index is 6.16. The van der Waals surface area contributed by atoms with Crippen molar-refractivity contribution < 1.29 is 8.83 Å². The first-order valence-corrected chi connectivity index (χ1v) is 14.3. The fraction of sp³-hybridized carbons (Fsp3) is 0. The van der Waals surface area contributed by atoms with E-state index in [1.807, 2.05) is 18.2 Å². The van der Waals surface area contributed by atoms with Crippen LogP contribution in [0.15, 0.2) is 155 Å². The van der Waals surface area contributed by atoms with Crippen LogP contribution in [0.2, 0.25) is 0 Å². The van der Waals surface area contributed by atoms with Crippen LogP contribution in [0.1, 0.15) is 0 Å². The molecule has 0 saturated carbocycles. The van der Waals surface area contributed by atoms with Crippen LogP contribution in [-0.4, -0.2) is 0 Å². The van der Waals surface area contributed by atoms with Crippen LogP contribution in [0.3, 0.4) is 0 Å². The fourth-order valence-corrected chi connectivity index (χ4v) is 6.65. The molecule has 0 aliphatic rings. The van der Waals surface area contributed by atoms with Gasteiger partial charge in [0.2, 0.25) is 0 Å². The third kappa shape index (κ3) is 3.39. The van der Waals surface area contributed by atoms with E-state index in [4.69, 9.17) is 8.83 Å². The second kappa shape index (κ2) is 8.95. The minimum absolute atomic E-state index is 0.845. The Kier molecular flexibility index (Phi) is 4.93. The first-order chi connectivity index (χ1) is 20.8. The number of hydrogen-bond donors (Lipinski definition) is 0. The summed E-state index contributed by atoms with van der Waals surface area (Å²) in [6.07, 6.45) is 1.74. The Morgan fingerprint density at radius 2 is 0.929 bits per heavy atom. The number of hydrogen-bond acceptors (Lipinski definition) is 2. The minimum atomic E-state index is 0.845. The molecule has 0 atom stereocenters. The minimum Gasteiger partial charge on any atom is -0.464 e. The molecule has 0 bridgehead atoms. The average molecular weight is 537 g/mol. The van der Waals surface area contributed by atoms with Gasteiger partial charge < -0.3 is 8.83 Å². The van der Waals surface area contributed by atoms with Gasteiger partial charge in [-0.2, -0.15) is 0 Å². The van der Waals surface area contributed by atoms with Gasteiger partial charge in [0.15, 0.2) is 0 Å². The highest BCUT2D eigenvalue weighted by atomic mass is 16.3. The Bertz CT molecular complexity index is 2380. The first kappa shape index (κ1) is 23.1. The maximum atomic E-state index is 6.16. The van der Waals surface area contributed by atoms with Crippen molar-refractivity contribution >= 4 is 54.5 Å². The van der Waals surface area contributed by atoms with Crippen LogP contribution in [0, 0.1) is 0 Å². The lowest BCUT2D eigenvalue weighted by atomic mass is 9.86. The van der Waals surface area contributed by atoms with E-state index in [1.54, 1.807) is 6.26 Å². The van der Waals surface area contributed by atoms with E-state index < -0.39 is 0 Å². The zero-order valence-electron chi connectivity index (χ0n) is 22.7. The van der Waals surface area contributed by atoms with Crippen LogP contribution < -0.4 is 0 Å². The van der Waals surface area contributed by atoms with Crippen LogP contribution in [0.25, 0.3) is 87.8 Å². The lowest BCUT2D eigenvalue weighted by Crippen LogP contribution is -1.90. The molecule has 0 aliphatic carbocycles. The molecule has 0 spiro atoms. The molecule has 9 aromatic rings. The fourth-order valence-electron chi connectivity index (χ4n) is 6.65. The molecule has 2 nitrogen and oxygen atoms in total. The van der Waals surface area contributed by atoms with E-state index in [0.29, 0.717) is 0 Å². The molecular formula is C40H24O2. The predicted molar refractivity (Wildman–Crippen MR) is 175 cm³/mol. The second-order valence-corrected chi connectivity index (χ2v) is 10.9. The van der Waals surface area contributed by atoms with Gasteiger partial charge >= 0.3 is 0 Å². The van der Waals surface area contributed by atoms with Gasteiger partial charge in [-0.1, -0.05) is 109 Å². The van der Waals surface area contributed by atoms with Crippen molar-refractivity contribution in [3.8, 4) is 33.4 Å². The van der Waals surface area contributed by atoms with Crippen molar-refractivity contribution in [1.29, 1.82) is 0 Å². The Hall–Kier alpha value is -5.60. The van der Waals surface area contributed by atoms with Crippen molar-refractivity contribution in [2.24, 2.45) is 0 Å². The molecule has 0 radical (unpaired) electrons. The molecule has 2 heterocycles. The van der Waals surface area contributed by atoms with E-state index in [-0.39, 0.29) is 0 Å². The van der Waals surface area contributed by atoms with Gasteiger partial charge in [-0.15, -0.1) is 0 Å². The zero-order valence-corrected chi connectivity index (χ0v) is 22.7. The van der Waals surface area contributed by atoms with Gasteiger partial charge in [-0.05, 0) is 85.3 Å². The molecule has 9 rings (SSSR count). The molecule has 42 heavy (non-hydrogen) atoms. The lowest BCUT2D eigenvalue weighted by Gasteiger charge is -2.18. The third-order valence-electron chi connectivity index (χ3n) is 8.55. The maximum Gasteiger partial charge on any atom is 0.145 e. The second-order valence-electron chi connectivity index (χ2n) is 10.9. The topological polar surface area (TPSA) is 26.3 Å². The van der Waals surface area contributed by atoms with E-state index in [1.165, 1.54) is 43.8 Å². The summed E-state index contributed by atoms with van der Waals surface area (Å²) in [7, 11) is 0. The lowest BCUT2D eigenvalue weighted by molar-refractivity contribution is 0.618. The van der Waals surface area contributed by atoms with Crippen LogP contribution in [0.5, 0.6) is 0 Å². The largest absolute Gasteiger partial charge is 0.464 e. The van der Waals surface area contributed by atoms with Gasteiger partial charge in [0, 0.05) is 10.8 Å². The Labute approximate surface area is 242 Å². The summed E-state index contributed by atoms with van der Waals surface area (Å²) in [6, 6.07) is 49.8. The summed E-state index contributed by atoms with van der Waals surface area (Å²) < 4.78 is 12.0. The summed E-state index contributed by atoms with van der Waals surface area (Å²) in [5.74, 6) is 0. The molecule has 0 unspecified atom stereocenters. The third-order valence-corrected chi connectivity index (χ3v) is 8.55. The van der Waals surface area contributed by atoms with E-state index >= 15 is 0 Å². The average Bonchev–Trinajstić information content (AvgIpc) is 3.68. The normalized spacial score (nSPS) is 11.8. The highest BCUT2D eigenvalue weighted by Gasteiger charge is 2.17. The van der Waals surface area contributed by atoms with Crippen LogP contribution in [-0.2, 0) is 0 Å². The number of fused-ring (bicyclic) bond motifs is 7. The summed E-state index contributed by atoms with van der Waals surface area (Å²) in [5.41, 5.74) is 9.89. The highest BCUT2D eigenvalue weighted by molar-refractivity contribution is 6.21. The van der Waals surface area contributed by atoms with Gasteiger partial charge in [0.05, 0.1) is 11.6 Å². The Balaban J connectivity index is 1.22. The molecule has 0 N–H and O–H groups in total. The summed E-state index contributed by atoms with van der Waals surface area (Å²) in [4.78, 5) is 0. The van der Waals surface area contributed by atoms with Crippen molar-refractivity contribution in [3.05, 3.63) is 146 Å². The van der Waals surface area contributed by atoms with Crippen molar-refractivity contribution in [2.45, 2.75) is 0 Å². The number of furan rings is 2. The summed E-state index contributed by atoms with van der Waals surface area (Å²) in [5, 5.41) is 8.24. The highest BCUT2D eigenvalue weighted by Crippen LogP contribution is 2.44. The van der Waals surface area contributed by atoms with Crippen molar-refractivity contribution in [3.63, 3.8) is 0 Å². The zero-order chi connectivity index (χ0) is 27.6. The Morgan fingerprint density at radius 3 is 1.60 bits per heavy atom. The first-order valence-electron chi connectivity index (χ1n) is 14.3. The van der Waals surface area contributed by atoms with E-state index in [9.17, 15) is 0 Å². The summed E-state index contributed by atoms with van der Waals surface area (Å²) >= 11 is 0. The number of benzene rings is 7. The van der Waals surface area contributed by atoms with Gasteiger partial charge in [-0.25, -0.2) is 0 Å². The molecule has 0 saturated heterocycles.